The van der Waals surface area contributed by atoms with E-state index in [0.717, 1.165) is 5.56 Å². The molecule has 5 heteroatoms. The Morgan fingerprint density at radius 3 is 2.19 bits per heavy atom. The molecule has 136 valence electrons. The molecule has 0 radical (unpaired) electrons. The summed E-state index contributed by atoms with van der Waals surface area (Å²) in [4.78, 5) is 24.5. The van der Waals surface area contributed by atoms with Crippen molar-refractivity contribution in [2.24, 2.45) is 0 Å². The zero-order chi connectivity index (χ0) is 19.1. The van der Waals surface area contributed by atoms with Gasteiger partial charge in [-0.1, -0.05) is 60.1 Å². The first-order valence-corrected chi connectivity index (χ1v) is 8.99. The van der Waals surface area contributed by atoms with E-state index in [1.807, 2.05) is 30.3 Å². The van der Waals surface area contributed by atoms with Crippen molar-refractivity contribution in [3.8, 4) is 0 Å². The van der Waals surface area contributed by atoms with Crippen LogP contribution in [0.4, 0.5) is 11.4 Å². The van der Waals surface area contributed by atoms with E-state index >= 15 is 0 Å². The van der Waals surface area contributed by atoms with Gasteiger partial charge in [0.15, 0.2) is 0 Å². The van der Waals surface area contributed by atoms with E-state index in [2.05, 4.69) is 10.6 Å². The highest BCUT2D eigenvalue weighted by molar-refractivity contribution is 6.34. The van der Waals surface area contributed by atoms with E-state index in [0.29, 0.717) is 34.8 Å². The number of hydrogen-bond acceptors (Lipinski definition) is 2. The normalized spacial score (nSPS) is 10.3. The second kappa shape index (κ2) is 9.01. The van der Waals surface area contributed by atoms with Gasteiger partial charge in [0.25, 0.3) is 5.91 Å². The summed E-state index contributed by atoms with van der Waals surface area (Å²) in [6, 6.07) is 23.7. The Bertz CT molecular complexity index is 942. The van der Waals surface area contributed by atoms with Gasteiger partial charge < -0.3 is 10.6 Å². The topological polar surface area (TPSA) is 58.2 Å². The van der Waals surface area contributed by atoms with Gasteiger partial charge in [-0.3, -0.25) is 9.59 Å². The SMILES string of the molecule is O=C(CCc1ccccc1)Nc1cccc(NC(=O)c2ccccc2Cl)c1. The third kappa shape index (κ3) is 5.43. The number of rotatable bonds is 6. The number of halogens is 1. The lowest BCUT2D eigenvalue weighted by Gasteiger charge is -2.10. The van der Waals surface area contributed by atoms with Crippen LogP contribution in [0.3, 0.4) is 0 Å². The average molecular weight is 379 g/mol. The summed E-state index contributed by atoms with van der Waals surface area (Å²) in [6.45, 7) is 0. The summed E-state index contributed by atoms with van der Waals surface area (Å²) in [5, 5.41) is 6.05. The van der Waals surface area contributed by atoms with E-state index in [1.165, 1.54) is 0 Å². The van der Waals surface area contributed by atoms with Crippen molar-refractivity contribution >= 4 is 34.8 Å². The maximum atomic E-state index is 12.3. The van der Waals surface area contributed by atoms with Crippen molar-refractivity contribution < 1.29 is 9.59 Å². The summed E-state index contributed by atoms with van der Waals surface area (Å²) in [5.41, 5.74) is 2.73. The molecule has 0 unspecified atom stereocenters. The van der Waals surface area contributed by atoms with Crippen molar-refractivity contribution in [2.45, 2.75) is 12.8 Å². The fraction of sp³-hybridized carbons (Fsp3) is 0.0909. The molecule has 2 N–H and O–H groups in total. The molecule has 0 aromatic heterocycles. The summed E-state index contributed by atoms with van der Waals surface area (Å²) >= 11 is 6.05. The van der Waals surface area contributed by atoms with Crippen LogP contribution < -0.4 is 10.6 Å². The van der Waals surface area contributed by atoms with Crippen LogP contribution in [0.5, 0.6) is 0 Å². The lowest BCUT2D eigenvalue weighted by molar-refractivity contribution is -0.116. The molecule has 0 saturated carbocycles. The Balaban J connectivity index is 1.59. The maximum absolute atomic E-state index is 12.3. The molecule has 3 aromatic carbocycles. The number of aryl methyl sites for hydroxylation is 1. The van der Waals surface area contributed by atoms with Crippen LogP contribution in [0, 0.1) is 0 Å². The van der Waals surface area contributed by atoms with Crippen LogP contribution in [0.25, 0.3) is 0 Å². The van der Waals surface area contributed by atoms with Crippen LogP contribution >= 0.6 is 11.6 Å². The van der Waals surface area contributed by atoms with Crippen molar-refractivity contribution in [2.75, 3.05) is 10.6 Å². The zero-order valence-corrected chi connectivity index (χ0v) is 15.4. The molecule has 0 bridgehead atoms. The molecule has 3 aromatic rings. The summed E-state index contributed by atoms with van der Waals surface area (Å²) in [5.74, 6) is -0.374. The minimum atomic E-state index is -0.298. The molecule has 0 aliphatic carbocycles. The van der Waals surface area contributed by atoms with Gasteiger partial charge in [-0.25, -0.2) is 0 Å². The first-order valence-electron chi connectivity index (χ1n) is 8.61. The molecule has 0 aliphatic rings. The van der Waals surface area contributed by atoms with E-state index < -0.39 is 0 Å². The molecule has 0 saturated heterocycles. The smallest absolute Gasteiger partial charge is 0.257 e. The minimum Gasteiger partial charge on any atom is -0.326 e. The lowest BCUT2D eigenvalue weighted by Crippen LogP contribution is -2.14. The van der Waals surface area contributed by atoms with Crippen molar-refractivity contribution in [1.82, 2.24) is 0 Å². The Labute approximate surface area is 163 Å². The number of amides is 2. The van der Waals surface area contributed by atoms with Crippen LogP contribution in [0.1, 0.15) is 22.3 Å². The standard InChI is InChI=1S/C22H19ClN2O2/c23-20-12-5-4-11-19(20)22(27)25-18-10-6-9-17(15-18)24-21(26)14-13-16-7-2-1-3-8-16/h1-12,15H,13-14H2,(H,24,26)(H,25,27). The third-order valence-corrected chi connectivity index (χ3v) is 4.34. The van der Waals surface area contributed by atoms with Gasteiger partial charge in [0.2, 0.25) is 5.91 Å². The lowest BCUT2D eigenvalue weighted by atomic mass is 10.1. The molecular weight excluding hydrogens is 360 g/mol. The molecule has 2 amide bonds. The van der Waals surface area contributed by atoms with Crippen molar-refractivity contribution in [1.29, 1.82) is 0 Å². The van der Waals surface area contributed by atoms with E-state index in [9.17, 15) is 9.59 Å². The molecule has 0 fully saturated rings. The van der Waals surface area contributed by atoms with E-state index in [4.69, 9.17) is 11.6 Å². The summed E-state index contributed by atoms with van der Waals surface area (Å²) in [7, 11) is 0. The average Bonchev–Trinajstić information content (AvgIpc) is 2.68. The first kappa shape index (κ1) is 18.7. The van der Waals surface area contributed by atoms with Gasteiger partial charge in [0.05, 0.1) is 10.6 Å². The quantitative estimate of drug-likeness (QED) is 0.622. The first-order chi connectivity index (χ1) is 13.1. The second-order valence-electron chi connectivity index (χ2n) is 6.05. The Morgan fingerprint density at radius 2 is 1.44 bits per heavy atom. The Kier molecular flexibility index (Phi) is 6.23. The summed E-state index contributed by atoms with van der Waals surface area (Å²) < 4.78 is 0. The molecule has 4 nitrogen and oxygen atoms in total. The number of hydrogen-bond donors (Lipinski definition) is 2. The Hall–Kier alpha value is -3.11. The predicted molar refractivity (Wildman–Crippen MR) is 109 cm³/mol. The van der Waals surface area contributed by atoms with Crippen LogP contribution in [0.2, 0.25) is 5.02 Å². The highest BCUT2D eigenvalue weighted by Gasteiger charge is 2.10. The van der Waals surface area contributed by atoms with Crippen molar-refractivity contribution in [3.05, 3.63) is 95.0 Å². The summed E-state index contributed by atoms with van der Waals surface area (Å²) in [6.07, 6.45) is 1.07. The van der Waals surface area contributed by atoms with Crippen LogP contribution in [0.15, 0.2) is 78.9 Å². The fourth-order valence-electron chi connectivity index (χ4n) is 2.64. The maximum Gasteiger partial charge on any atom is 0.257 e. The van der Waals surface area contributed by atoms with E-state index in [-0.39, 0.29) is 11.8 Å². The van der Waals surface area contributed by atoms with Crippen LogP contribution in [-0.2, 0) is 11.2 Å². The van der Waals surface area contributed by atoms with E-state index in [1.54, 1.807) is 48.5 Å². The molecule has 0 atom stereocenters. The van der Waals surface area contributed by atoms with Gasteiger partial charge >= 0.3 is 0 Å². The number of benzene rings is 3. The number of carbonyl (C=O) groups is 2. The molecule has 0 spiro atoms. The van der Waals surface area contributed by atoms with Gasteiger partial charge in [-0.2, -0.15) is 0 Å². The van der Waals surface area contributed by atoms with Gasteiger partial charge in [0, 0.05) is 17.8 Å². The highest BCUT2D eigenvalue weighted by Crippen LogP contribution is 2.19. The largest absolute Gasteiger partial charge is 0.326 e. The highest BCUT2D eigenvalue weighted by atomic mass is 35.5. The number of anilines is 2. The van der Waals surface area contributed by atoms with Gasteiger partial charge in [-0.15, -0.1) is 0 Å². The van der Waals surface area contributed by atoms with Crippen LogP contribution in [-0.4, -0.2) is 11.8 Å². The minimum absolute atomic E-state index is 0.0755. The second-order valence-corrected chi connectivity index (χ2v) is 6.46. The predicted octanol–water partition coefficient (Wildman–Crippen LogP) is 5.16. The Morgan fingerprint density at radius 1 is 0.778 bits per heavy atom. The molecule has 0 heterocycles. The molecule has 27 heavy (non-hydrogen) atoms. The number of nitrogens with one attached hydrogen (secondary N) is 2. The molecule has 0 aliphatic heterocycles. The zero-order valence-electron chi connectivity index (χ0n) is 14.6. The molecular formula is C22H19ClN2O2. The van der Waals surface area contributed by atoms with Crippen molar-refractivity contribution in [3.63, 3.8) is 0 Å². The fourth-order valence-corrected chi connectivity index (χ4v) is 2.87. The van der Waals surface area contributed by atoms with Gasteiger partial charge in [-0.05, 0) is 42.3 Å². The third-order valence-electron chi connectivity index (χ3n) is 4.01. The monoisotopic (exact) mass is 378 g/mol. The number of carbonyl (C=O) groups excluding carboxylic acids is 2. The van der Waals surface area contributed by atoms with Gasteiger partial charge in [0.1, 0.15) is 0 Å². The molecule has 3 rings (SSSR count).